The highest BCUT2D eigenvalue weighted by atomic mass is 19.3. The van der Waals surface area contributed by atoms with E-state index in [9.17, 15) is 18.7 Å². The third kappa shape index (κ3) is 3.87. The molecule has 8 heteroatoms. The summed E-state index contributed by atoms with van der Waals surface area (Å²) in [5, 5.41) is 9.48. The first-order chi connectivity index (χ1) is 13.3. The van der Waals surface area contributed by atoms with E-state index in [0.717, 1.165) is 58.3 Å². The van der Waals surface area contributed by atoms with Crippen LogP contribution in [0.5, 0.6) is 0 Å². The number of rotatable bonds is 4. The van der Waals surface area contributed by atoms with Gasteiger partial charge in [0.25, 0.3) is 5.92 Å². The second-order valence-corrected chi connectivity index (χ2v) is 9.27. The van der Waals surface area contributed by atoms with Crippen LogP contribution in [0.2, 0.25) is 0 Å². The number of ether oxygens (including phenoxy) is 1. The van der Waals surface area contributed by atoms with Gasteiger partial charge in [-0.1, -0.05) is 0 Å². The summed E-state index contributed by atoms with van der Waals surface area (Å²) in [7, 11) is 0. The zero-order valence-corrected chi connectivity index (χ0v) is 16.8. The number of aliphatic hydroxyl groups excluding tert-OH is 1. The summed E-state index contributed by atoms with van der Waals surface area (Å²) < 4.78 is 32.6. The molecule has 0 bridgehead atoms. The highest BCUT2D eigenvalue weighted by Gasteiger charge is 2.52. The zero-order valence-electron chi connectivity index (χ0n) is 16.8. The quantitative estimate of drug-likeness (QED) is 0.783. The van der Waals surface area contributed by atoms with E-state index in [1.807, 2.05) is 16.7 Å². The van der Waals surface area contributed by atoms with Gasteiger partial charge in [0.15, 0.2) is 0 Å². The number of halogens is 2. The van der Waals surface area contributed by atoms with Crippen molar-refractivity contribution in [3.8, 4) is 0 Å². The lowest BCUT2D eigenvalue weighted by atomic mass is 9.64. The van der Waals surface area contributed by atoms with Crippen LogP contribution in [0.25, 0.3) is 0 Å². The Bertz CT molecular complexity index is 577. The molecule has 4 aliphatic rings. The number of amides is 1. The Morgan fingerprint density at radius 1 is 1.11 bits per heavy atom. The number of aliphatic hydroxyl groups is 1. The average molecular weight is 401 g/mol. The van der Waals surface area contributed by atoms with Gasteiger partial charge >= 0.3 is 6.09 Å². The predicted octanol–water partition coefficient (Wildman–Crippen LogP) is 2.16. The maximum Gasteiger partial charge on any atom is 0.409 e. The lowest BCUT2D eigenvalue weighted by Gasteiger charge is -2.52. The van der Waals surface area contributed by atoms with Crippen molar-refractivity contribution in [1.82, 2.24) is 14.7 Å². The molecule has 6 nitrogen and oxygen atoms in total. The molecule has 3 saturated heterocycles. The van der Waals surface area contributed by atoms with E-state index >= 15 is 0 Å². The number of alkyl halides is 2. The van der Waals surface area contributed by atoms with Crippen molar-refractivity contribution in [3.05, 3.63) is 0 Å². The van der Waals surface area contributed by atoms with Crippen molar-refractivity contribution in [2.75, 3.05) is 45.9 Å². The van der Waals surface area contributed by atoms with Gasteiger partial charge in [0.1, 0.15) is 0 Å². The molecule has 3 aliphatic heterocycles. The van der Waals surface area contributed by atoms with Gasteiger partial charge in [-0.05, 0) is 57.5 Å². The van der Waals surface area contributed by atoms with Crippen molar-refractivity contribution in [2.45, 2.75) is 69.5 Å². The highest BCUT2D eigenvalue weighted by molar-refractivity contribution is 5.68. The molecule has 1 saturated carbocycles. The molecule has 0 aromatic heterocycles. The topological polar surface area (TPSA) is 56.2 Å². The van der Waals surface area contributed by atoms with E-state index in [2.05, 4.69) is 4.90 Å². The molecule has 1 spiro atoms. The van der Waals surface area contributed by atoms with Crippen LogP contribution in [0, 0.1) is 5.41 Å². The van der Waals surface area contributed by atoms with Crippen LogP contribution >= 0.6 is 0 Å². The van der Waals surface area contributed by atoms with Crippen LogP contribution in [0.15, 0.2) is 0 Å². The standard InChI is InChI=1S/C20H33F2N3O3/c1-2-28-18(27)24-8-5-19(13-24)9-16(10-19)23-6-3-15(4-7-23)25-14-20(21,22)11-17(25)12-26/h15-17,26H,2-14H2,1H3/t16-,17-,19+/m1/s1. The molecule has 1 atom stereocenters. The fourth-order valence-corrected chi connectivity index (χ4v) is 5.94. The van der Waals surface area contributed by atoms with Crippen LogP contribution in [0.4, 0.5) is 13.6 Å². The summed E-state index contributed by atoms with van der Waals surface area (Å²) in [5.74, 6) is -2.67. The minimum absolute atomic E-state index is 0.154. The van der Waals surface area contributed by atoms with E-state index in [1.165, 1.54) is 0 Å². The SMILES string of the molecule is CCOC(=O)N1CC[C@]2(C1)C[C@@H](N1CCC(N3CC(F)(F)C[C@@H]3CO)CC1)C2. The van der Waals surface area contributed by atoms with Gasteiger partial charge in [0, 0.05) is 37.6 Å². The third-order valence-corrected chi connectivity index (χ3v) is 7.41. The molecule has 0 radical (unpaired) electrons. The van der Waals surface area contributed by atoms with Gasteiger partial charge in [-0.2, -0.15) is 0 Å². The second-order valence-electron chi connectivity index (χ2n) is 9.27. The average Bonchev–Trinajstić information content (AvgIpc) is 3.22. The van der Waals surface area contributed by atoms with Crippen LogP contribution in [-0.2, 0) is 4.74 Å². The lowest BCUT2D eigenvalue weighted by Crippen LogP contribution is -2.56. The summed E-state index contributed by atoms with van der Waals surface area (Å²) >= 11 is 0. The maximum absolute atomic E-state index is 13.8. The number of hydrogen-bond acceptors (Lipinski definition) is 5. The van der Waals surface area contributed by atoms with Gasteiger partial charge in [-0.25, -0.2) is 13.6 Å². The molecule has 4 rings (SSSR count). The smallest absolute Gasteiger partial charge is 0.409 e. The molecular formula is C20H33F2N3O3. The van der Waals surface area contributed by atoms with Crippen LogP contribution < -0.4 is 0 Å². The third-order valence-electron chi connectivity index (χ3n) is 7.41. The largest absolute Gasteiger partial charge is 0.450 e. The van der Waals surface area contributed by atoms with Crippen LogP contribution in [-0.4, -0.2) is 95.9 Å². The molecule has 3 heterocycles. The summed E-state index contributed by atoms with van der Waals surface area (Å²) in [6.07, 6.45) is 4.68. The van der Waals surface area contributed by atoms with Crippen LogP contribution in [0.1, 0.15) is 45.4 Å². The molecular weight excluding hydrogens is 368 g/mol. The van der Waals surface area contributed by atoms with Crippen LogP contribution in [0.3, 0.4) is 0 Å². The van der Waals surface area contributed by atoms with Gasteiger partial charge in [0.2, 0.25) is 0 Å². The molecule has 0 unspecified atom stereocenters. The molecule has 28 heavy (non-hydrogen) atoms. The van der Waals surface area contributed by atoms with Crippen molar-refractivity contribution >= 4 is 6.09 Å². The Hall–Kier alpha value is -0.990. The number of nitrogens with zero attached hydrogens (tertiary/aromatic N) is 3. The van der Waals surface area contributed by atoms with Crippen molar-refractivity contribution in [1.29, 1.82) is 0 Å². The second kappa shape index (κ2) is 7.69. The normalized spacial score (nSPS) is 36.8. The Morgan fingerprint density at radius 2 is 1.82 bits per heavy atom. The molecule has 0 aromatic rings. The zero-order chi connectivity index (χ0) is 19.9. The fourth-order valence-electron chi connectivity index (χ4n) is 5.94. The van der Waals surface area contributed by atoms with Gasteiger partial charge < -0.3 is 19.6 Å². The Morgan fingerprint density at radius 3 is 2.46 bits per heavy atom. The Balaban J connectivity index is 1.24. The Kier molecular flexibility index (Phi) is 5.57. The first-order valence-electron chi connectivity index (χ1n) is 10.7. The van der Waals surface area contributed by atoms with E-state index in [1.54, 1.807) is 0 Å². The molecule has 1 amide bonds. The van der Waals surface area contributed by atoms with Crippen molar-refractivity contribution in [2.24, 2.45) is 5.41 Å². The van der Waals surface area contributed by atoms with Gasteiger partial charge in [-0.15, -0.1) is 0 Å². The number of likely N-dealkylation sites (tertiary alicyclic amines) is 3. The summed E-state index contributed by atoms with van der Waals surface area (Å²) in [5.41, 5.74) is 0.257. The number of hydrogen-bond donors (Lipinski definition) is 1. The highest BCUT2D eigenvalue weighted by Crippen LogP contribution is 2.50. The monoisotopic (exact) mass is 401 g/mol. The summed E-state index contributed by atoms with van der Waals surface area (Å²) in [4.78, 5) is 18.1. The van der Waals surface area contributed by atoms with Gasteiger partial charge in [-0.3, -0.25) is 4.90 Å². The molecule has 0 aromatic carbocycles. The number of carbonyl (C=O) groups is 1. The van der Waals surface area contributed by atoms with E-state index in [4.69, 9.17) is 4.74 Å². The van der Waals surface area contributed by atoms with Crippen molar-refractivity contribution < 1.29 is 23.4 Å². The minimum Gasteiger partial charge on any atom is -0.450 e. The number of piperidine rings is 1. The van der Waals surface area contributed by atoms with E-state index < -0.39 is 12.0 Å². The molecule has 160 valence electrons. The van der Waals surface area contributed by atoms with E-state index in [0.29, 0.717) is 12.6 Å². The van der Waals surface area contributed by atoms with Gasteiger partial charge in [0.05, 0.1) is 19.8 Å². The Labute approximate surface area is 165 Å². The predicted molar refractivity (Wildman–Crippen MR) is 100 cm³/mol. The summed E-state index contributed by atoms with van der Waals surface area (Å²) in [6, 6.07) is 0.309. The lowest BCUT2D eigenvalue weighted by molar-refractivity contribution is -0.0258. The first kappa shape index (κ1) is 20.3. The fraction of sp³-hybridized carbons (Fsp3) is 0.950. The minimum atomic E-state index is -2.67. The molecule has 4 fully saturated rings. The molecule has 1 aliphatic carbocycles. The summed E-state index contributed by atoms with van der Waals surface area (Å²) in [6.45, 7) is 5.33. The maximum atomic E-state index is 13.8. The molecule has 1 N–H and O–H groups in total. The van der Waals surface area contributed by atoms with Crippen molar-refractivity contribution in [3.63, 3.8) is 0 Å². The van der Waals surface area contributed by atoms with E-state index in [-0.39, 0.29) is 37.1 Å². The first-order valence-corrected chi connectivity index (χ1v) is 10.7. The number of carbonyl (C=O) groups excluding carboxylic acids is 1.